The summed E-state index contributed by atoms with van der Waals surface area (Å²) in [5.41, 5.74) is 1.29. The van der Waals surface area contributed by atoms with Crippen molar-refractivity contribution in [2.24, 2.45) is 0 Å². The molecule has 1 unspecified atom stereocenters. The van der Waals surface area contributed by atoms with Gasteiger partial charge in [-0.25, -0.2) is 18.7 Å². The van der Waals surface area contributed by atoms with Gasteiger partial charge in [0.25, 0.3) is 5.92 Å². The molecule has 0 aliphatic heterocycles. The van der Waals surface area contributed by atoms with E-state index in [2.05, 4.69) is 15.0 Å². The second-order valence-electron chi connectivity index (χ2n) is 4.58. The van der Waals surface area contributed by atoms with Crippen LogP contribution >= 0.6 is 11.6 Å². The van der Waals surface area contributed by atoms with Crippen molar-refractivity contribution in [3.63, 3.8) is 0 Å². The fourth-order valence-corrected chi connectivity index (χ4v) is 1.85. The third kappa shape index (κ3) is 4.07. The van der Waals surface area contributed by atoms with Crippen molar-refractivity contribution in [2.75, 3.05) is 0 Å². The van der Waals surface area contributed by atoms with Crippen LogP contribution in [0.2, 0.25) is 5.15 Å². The summed E-state index contributed by atoms with van der Waals surface area (Å²) in [5, 5.41) is 0.294. The normalized spacial score (nSPS) is 13.0. The molecule has 7 heteroatoms. The van der Waals surface area contributed by atoms with Crippen LogP contribution in [0.3, 0.4) is 0 Å². The van der Waals surface area contributed by atoms with Crippen molar-refractivity contribution in [3.8, 4) is 17.1 Å². The van der Waals surface area contributed by atoms with Crippen LogP contribution in [-0.4, -0.2) is 27.0 Å². The van der Waals surface area contributed by atoms with E-state index in [1.54, 1.807) is 13.0 Å². The Labute approximate surface area is 126 Å². The van der Waals surface area contributed by atoms with Crippen LogP contribution < -0.4 is 4.74 Å². The third-order valence-corrected chi connectivity index (χ3v) is 3.05. The number of rotatable bonds is 5. The van der Waals surface area contributed by atoms with Gasteiger partial charge in [-0.3, -0.25) is 4.98 Å². The van der Waals surface area contributed by atoms with E-state index < -0.39 is 12.0 Å². The molecule has 0 saturated heterocycles. The monoisotopic (exact) mass is 313 g/mol. The van der Waals surface area contributed by atoms with Crippen molar-refractivity contribution in [1.82, 2.24) is 15.0 Å². The molecule has 0 aliphatic carbocycles. The van der Waals surface area contributed by atoms with Gasteiger partial charge < -0.3 is 4.74 Å². The van der Waals surface area contributed by atoms with Crippen LogP contribution in [0.4, 0.5) is 8.78 Å². The highest BCUT2D eigenvalue weighted by Crippen LogP contribution is 2.25. The van der Waals surface area contributed by atoms with E-state index in [0.29, 0.717) is 16.4 Å². The molecule has 0 bridgehead atoms. The number of hydrogen-bond acceptors (Lipinski definition) is 4. The summed E-state index contributed by atoms with van der Waals surface area (Å²) in [6.07, 6.45) is 3.41. The fourth-order valence-electron chi connectivity index (χ4n) is 1.75. The van der Waals surface area contributed by atoms with Gasteiger partial charge in [-0.1, -0.05) is 18.5 Å². The summed E-state index contributed by atoms with van der Waals surface area (Å²) in [7, 11) is 0. The molecule has 2 aromatic rings. The van der Waals surface area contributed by atoms with Gasteiger partial charge in [-0.15, -0.1) is 0 Å². The molecular formula is C14H14ClF2N3O. The van der Waals surface area contributed by atoms with E-state index in [1.165, 1.54) is 24.7 Å². The zero-order chi connectivity index (χ0) is 15.5. The maximum Gasteiger partial charge on any atom is 0.281 e. The Kier molecular flexibility index (Phi) is 4.67. The lowest BCUT2D eigenvalue weighted by molar-refractivity contribution is -0.0828. The zero-order valence-corrected chi connectivity index (χ0v) is 12.3. The smallest absolute Gasteiger partial charge is 0.281 e. The molecule has 2 aromatic heterocycles. The van der Waals surface area contributed by atoms with E-state index in [-0.39, 0.29) is 12.3 Å². The summed E-state index contributed by atoms with van der Waals surface area (Å²) in [6.45, 7) is 2.47. The van der Waals surface area contributed by atoms with Crippen LogP contribution in [0.1, 0.15) is 20.3 Å². The number of nitrogens with zero attached hydrogens (tertiary/aromatic N) is 3. The van der Waals surface area contributed by atoms with E-state index in [0.717, 1.165) is 6.92 Å². The van der Waals surface area contributed by atoms with E-state index >= 15 is 0 Å². The van der Waals surface area contributed by atoms with Crippen molar-refractivity contribution >= 4 is 11.6 Å². The fraction of sp³-hybridized carbons (Fsp3) is 0.357. The van der Waals surface area contributed by atoms with Gasteiger partial charge in [0.2, 0.25) is 5.88 Å². The van der Waals surface area contributed by atoms with Crippen LogP contribution in [0, 0.1) is 0 Å². The summed E-state index contributed by atoms with van der Waals surface area (Å²) in [4.78, 5) is 12.0. The summed E-state index contributed by atoms with van der Waals surface area (Å²) in [5.74, 6) is -2.77. The van der Waals surface area contributed by atoms with Gasteiger partial charge >= 0.3 is 0 Å². The predicted octanol–water partition coefficient (Wildman–Crippen LogP) is 4.00. The Balaban J connectivity index is 2.13. The van der Waals surface area contributed by atoms with E-state index in [4.69, 9.17) is 16.3 Å². The molecule has 0 fully saturated rings. The first-order valence-electron chi connectivity index (χ1n) is 6.38. The highest BCUT2D eigenvalue weighted by molar-refractivity contribution is 6.29. The predicted molar refractivity (Wildman–Crippen MR) is 75.6 cm³/mol. The highest BCUT2D eigenvalue weighted by atomic mass is 35.5. The largest absolute Gasteiger partial charge is 0.468 e. The zero-order valence-electron chi connectivity index (χ0n) is 11.6. The molecule has 0 radical (unpaired) electrons. The Morgan fingerprint density at radius 2 is 1.95 bits per heavy atom. The average Bonchev–Trinajstić information content (AvgIpc) is 2.45. The maximum absolute atomic E-state index is 13.3. The first kappa shape index (κ1) is 15.6. The third-order valence-electron chi connectivity index (χ3n) is 2.85. The Morgan fingerprint density at radius 3 is 2.43 bits per heavy atom. The van der Waals surface area contributed by atoms with Gasteiger partial charge in [0.15, 0.2) is 6.10 Å². The van der Waals surface area contributed by atoms with Crippen LogP contribution in [-0.2, 0) is 0 Å². The highest BCUT2D eigenvalue weighted by Gasteiger charge is 2.34. The lowest BCUT2D eigenvalue weighted by Crippen LogP contribution is -2.35. The number of halogens is 3. The number of aromatic nitrogens is 3. The van der Waals surface area contributed by atoms with E-state index in [9.17, 15) is 8.78 Å². The standard InChI is InChI=1S/C14H14ClF2N3O/c1-3-11(14(2,16)17)21-13-5-4-9(6-20-13)10-7-19-12(15)8-18-10/h4-8,11H,3H2,1-2H3. The van der Waals surface area contributed by atoms with Crippen molar-refractivity contribution in [2.45, 2.75) is 32.3 Å². The SMILES string of the molecule is CCC(Oc1ccc(-c2cnc(Cl)cn2)cn1)C(C)(F)F. The van der Waals surface area contributed by atoms with Gasteiger partial charge in [-0.2, -0.15) is 0 Å². The second kappa shape index (κ2) is 6.30. The quantitative estimate of drug-likeness (QED) is 0.837. The molecule has 112 valence electrons. The topological polar surface area (TPSA) is 47.9 Å². The van der Waals surface area contributed by atoms with Gasteiger partial charge in [0, 0.05) is 24.8 Å². The molecule has 0 aromatic carbocycles. The molecular weight excluding hydrogens is 300 g/mol. The molecule has 0 N–H and O–H groups in total. The second-order valence-corrected chi connectivity index (χ2v) is 4.97. The van der Waals surface area contributed by atoms with Crippen molar-refractivity contribution in [3.05, 3.63) is 35.9 Å². The molecule has 0 amide bonds. The van der Waals surface area contributed by atoms with Crippen LogP contribution in [0.5, 0.6) is 5.88 Å². The molecule has 1 atom stereocenters. The van der Waals surface area contributed by atoms with Crippen molar-refractivity contribution < 1.29 is 13.5 Å². The average molecular weight is 314 g/mol. The summed E-state index contributed by atoms with van der Waals surface area (Å²) in [6, 6.07) is 3.21. The Bertz CT molecular complexity index is 585. The van der Waals surface area contributed by atoms with E-state index in [1.807, 2.05) is 0 Å². The summed E-state index contributed by atoms with van der Waals surface area (Å²) >= 11 is 5.66. The van der Waals surface area contributed by atoms with Crippen LogP contribution in [0.15, 0.2) is 30.7 Å². The molecule has 0 saturated carbocycles. The molecule has 0 spiro atoms. The van der Waals surface area contributed by atoms with Gasteiger partial charge in [0.1, 0.15) is 5.15 Å². The minimum absolute atomic E-state index is 0.147. The first-order chi connectivity index (χ1) is 9.90. The van der Waals surface area contributed by atoms with Gasteiger partial charge in [-0.05, 0) is 12.5 Å². The summed E-state index contributed by atoms with van der Waals surface area (Å²) < 4.78 is 31.8. The van der Waals surface area contributed by atoms with Gasteiger partial charge in [0.05, 0.1) is 18.1 Å². The molecule has 4 nitrogen and oxygen atoms in total. The molecule has 2 rings (SSSR count). The lowest BCUT2D eigenvalue weighted by atomic mass is 10.1. The number of hydrogen-bond donors (Lipinski definition) is 0. The number of alkyl halides is 2. The van der Waals surface area contributed by atoms with Crippen molar-refractivity contribution in [1.29, 1.82) is 0 Å². The Morgan fingerprint density at radius 1 is 1.19 bits per heavy atom. The lowest BCUT2D eigenvalue weighted by Gasteiger charge is -2.22. The molecule has 0 aliphatic rings. The maximum atomic E-state index is 13.3. The minimum atomic E-state index is -2.92. The number of pyridine rings is 1. The first-order valence-corrected chi connectivity index (χ1v) is 6.76. The molecule has 21 heavy (non-hydrogen) atoms. The number of ether oxygens (including phenoxy) is 1. The Hall–Kier alpha value is -1.82. The molecule has 2 heterocycles. The van der Waals surface area contributed by atoms with Crippen LogP contribution in [0.25, 0.3) is 11.3 Å². The minimum Gasteiger partial charge on any atom is -0.468 e.